The fraction of sp³-hybridized carbons (Fsp3) is 0.600. The lowest BCUT2D eigenvalue weighted by molar-refractivity contribution is 0.308. The molecule has 0 spiro atoms. The molecular weight excluding hydrogens is 258 g/mol. The van der Waals surface area contributed by atoms with E-state index in [-0.39, 0.29) is 4.75 Å². The predicted octanol–water partition coefficient (Wildman–Crippen LogP) is 3.33. The number of para-hydroxylation sites is 1. The first-order valence-electron chi connectivity index (χ1n) is 6.58. The lowest BCUT2D eigenvalue weighted by Gasteiger charge is -2.23. The number of hydrogen-bond acceptors (Lipinski definition) is 4. The van der Waals surface area contributed by atoms with E-state index in [1.807, 2.05) is 30.8 Å². The minimum absolute atomic E-state index is 0.241. The topological polar surface area (TPSA) is 30.5 Å². The molecular formula is C15H25NO2S. The van der Waals surface area contributed by atoms with Crippen LogP contribution in [-0.4, -0.2) is 31.3 Å². The third-order valence-electron chi connectivity index (χ3n) is 2.98. The van der Waals surface area contributed by atoms with Crippen molar-refractivity contribution in [2.45, 2.75) is 32.1 Å². The molecule has 4 heteroatoms. The highest BCUT2D eigenvalue weighted by atomic mass is 32.2. The summed E-state index contributed by atoms with van der Waals surface area (Å²) in [5.41, 5.74) is 1.13. The van der Waals surface area contributed by atoms with Crippen LogP contribution in [0.25, 0.3) is 0 Å². The third-order valence-corrected chi connectivity index (χ3v) is 4.23. The van der Waals surface area contributed by atoms with Crippen molar-refractivity contribution in [1.29, 1.82) is 0 Å². The van der Waals surface area contributed by atoms with Crippen LogP contribution in [0.3, 0.4) is 0 Å². The minimum atomic E-state index is 0.241. The molecule has 0 amide bonds. The number of ether oxygens (including phenoxy) is 2. The van der Waals surface area contributed by atoms with Gasteiger partial charge in [-0.25, -0.2) is 0 Å². The number of nitrogens with one attached hydrogen (secondary N) is 1. The average Bonchev–Trinajstić information content (AvgIpc) is 2.39. The van der Waals surface area contributed by atoms with Crippen LogP contribution in [0.4, 0.5) is 0 Å². The van der Waals surface area contributed by atoms with E-state index in [4.69, 9.17) is 9.47 Å². The average molecular weight is 283 g/mol. The summed E-state index contributed by atoms with van der Waals surface area (Å²) in [4.78, 5) is 0. The Morgan fingerprint density at radius 3 is 2.63 bits per heavy atom. The second kappa shape index (κ2) is 7.65. The van der Waals surface area contributed by atoms with Gasteiger partial charge in [0.25, 0.3) is 0 Å². The van der Waals surface area contributed by atoms with E-state index in [1.54, 1.807) is 7.11 Å². The molecule has 0 radical (unpaired) electrons. The summed E-state index contributed by atoms with van der Waals surface area (Å²) in [6.07, 6.45) is 2.14. The Kier molecular flexibility index (Phi) is 6.52. The highest BCUT2D eigenvalue weighted by Gasteiger charge is 2.16. The van der Waals surface area contributed by atoms with Gasteiger partial charge in [-0.15, -0.1) is 0 Å². The van der Waals surface area contributed by atoms with Crippen LogP contribution in [0.5, 0.6) is 11.5 Å². The maximum absolute atomic E-state index is 5.58. The van der Waals surface area contributed by atoms with Crippen molar-refractivity contribution in [1.82, 2.24) is 5.32 Å². The van der Waals surface area contributed by atoms with Gasteiger partial charge in [-0.3, -0.25) is 0 Å². The number of benzene rings is 1. The van der Waals surface area contributed by atoms with Crippen molar-refractivity contribution in [2.24, 2.45) is 0 Å². The van der Waals surface area contributed by atoms with E-state index in [0.29, 0.717) is 6.61 Å². The van der Waals surface area contributed by atoms with Gasteiger partial charge in [-0.05, 0) is 33.1 Å². The normalized spacial score (nSPS) is 11.4. The van der Waals surface area contributed by atoms with Gasteiger partial charge in [0.15, 0.2) is 11.5 Å². The summed E-state index contributed by atoms with van der Waals surface area (Å²) >= 11 is 1.87. The summed E-state index contributed by atoms with van der Waals surface area (Å²) in [6, 6.07) is 6.02. The monoisotopic (exact) mass is 283 g/mol. The van der Waals surface area contributed by atoms with Crippen LogP contribution in [0.2, 0.25) is 0 Å². The zero-order chi connectivity index (χ0) is 14.3. The maximum Gasteiger partial charge on any atom is 0.165 e. The molecule has 0 aliphatic heterocycles. The molecule has 3 nitrogen and oxygen atoms in total. The SMILES string of the molecule is CCOc1cccc(CNCC(C)(C)SC)c1OC. The Morgan fingerprint density at radius 1 is 1.32 bits per heavy atom. The summed E-state index contributed by atoms with van der Waals surface area (Å²) in [7, 11) is 1.69. The lowest BCUT2D eigenvalue weighted by atomic mass is 10.1. The first kappa shape index (κ1) is 16.2. The minimum Gasteiger partial charge on any atom is -0.493 e. The van der Waals surface area contributed by atoms with Crippen molar-refractivity contribution in [3.05, 3.63) is 23.8 Å². The molecule has 0 fully saturated rings. The highest BCUT2D eigenvalue weighted by molar-refractivity contribution is 7.99. The molecule has 0 unspecified atom stereocenters. The Hall–Kier alpha value is -0.870. The van der Waals surface area contributed by atoms with Gasteiger partial charge < -0.3 is 14.8 Å². The van der Waals surface area contributed by atoms with Crippen LogP contribution in [-0.2, 0) is 6.54 Å². The van der Waals surface area contributed by atoms with Crippen LogP contribution in [0.15, 0.2) is 18.2 Å². The lowest BCUT2D eigenvalue weighted by Crippen LogP contribution is -2.31. The maximum atomic E-state index is 5.58. The molecule has 0 heterocycles. The van der Waals surface area contributed by atoms with E-state index < -0.39 is 0 Å². The zero-order valence-electron chi connectivity index (χ0n) is 12.6. The van der Waals surface area contributed by atoms with Crippen molar-refractivity contribution >= 4 is 11.8 Å². The van der Waals surface area contributed by atoms with E-state index in [1.165, 1.54) is 0 Å². The van der Waals surface area contributed by atoms with E-state index in [0.717, 1.165) is 30.2 Å². The molecule has 1 aromatic carbocycles. The predicted molar refractivity (Wildman–Crippen MR) is 83.5 cm³/mol. The number of methoxy groups -OCH3 is 1. The van der Waals surface area contributed by atoms with Crippen LogP contribution in [0.1, 0.15) is 26.3 Å². The van der Waals surface area contributed by atoms with Gasteiger partial charge in [-0.1, -0.05) is 12.1 Å². The standard InChI is InChI=1S/C15H25NO2S/c1-6-18-13-9-7-8-12(14(13)17-4)10-16-11-15(2,3)19-5/h7-9,16H,6,10-11H2,1-5H3. The van der Waals surface area contributed by atoms with Crippen molar-refractivity contribution in [3.63, 3.8) is 0 Å². The number of hydrogen-bond donors (Lipinski definition) is 1. The fourth-order valence-electron chi connectivity index (χ4n) is 1.77. The first-order valence-corrected chi connectivity index (χ1v) is 7.81. The smallest absolute Gasteiger partial charge is 0.165 e. The summed E-state index contributed by atoms with van der Waals surface area (Å²) in [5, 5.41) is 3.48. The molecule has 0 bridgehead atoms. The molecule has 0 aliphatic carbocycles. The Bertz CT molecular complexity index is 394. The van der Waals surface area contributed by atoms with Gasteiger partial charge in [0, 0.05) is 23.4 Å². The molecule has 19 heavy (non-hydrogen) atoms. The van der Waals surface area contributed by atoms with Gasteiger partial charge in [0.2, 0.25) is 0 Å². The molecule has 0 saturated carbocycles. The van der Waals surface area contributed by atoms with E-state index in [9.17, 15) is 0 Å². The summed E-state index contributed by atoms with van der Waals surface area (Å²) in [6.45, 7) is 8.83. The molecule has 1 aromatic rings. The first-order chi connectivity index (χ1) is 9.04. The van der Waals surface area contributed by atoms with Gasteiger partial charge >= 0.3 is 0 Å². The van der Waals surface area contributed by atoms with Crippen LogP contribution in [0, 0.1) is 0 Å². The second-order valence-electron chi connectivity index (χ2n) is 4.95. The van der Waals surface area contributed by atoms with Crippen molar-refractivity contribution in [2.75, 3.05) is 26.5 Å². The Labute approximate surface area is 121 Å². The van der Waals surface area contributed by atoms with Crippen molar-refractivity contribution in [3.8, 4) is 11.5 Å². The fourth-order valence-corrected chi connectivity index (χ4v) is 2.02. The van der Waals surface area contributed by atoms with Crippen LogP contribution >= 0.6 is 11.8 Å². The molecule has 108 valence electrons. The molecule has 0 atom stereocenters. The van der Waals surface area contributed by atoms with Crippen molar-refractivity contribution < 1.29 is 9.47 Å². The van der Waals surface area contributed by atoms with E-state index >= 15 is 0 Å². The number of rotatable bonds is 8. The molecule has 0 aromatic heterocycles. The quantitative estimate of drug-likeness (QED) is 0.793. The zero-order valence-corrected chi connectivity index (χ0v) is 13.4. The summed E-state index contributed by atoms with van der Waals surface area (Å²) in [5.74, 6) is 1.65. The summed E-state index contributed by atoms with van der Waals surface area (Å²) < 4.78 is 11.3. The molecule has 0 saturated heterocycles. The molecule has 0 aliphatic rings. The second-order valence-corrected chi connectivity index (χ2v) is 6.46. The van der Waals surface area contributed by atoms with Gasteiger partial charge in [0.05, 0.1) is 13.7 Å². The molecule has 1 rings (SSSR count). The van der Waals surface area contributed by atoms with Gasteiger partial charge in [0.1, 0.15) is 0 Å². The largest absolute Gasteiger partial charge is 0.493 e. The number of thioether (sulfide) groups is 1. The van der Waals surface area contributed by atoms with Gasteiger partial charge in [-0.2, -0.15) is 11.8 Å². The Balaban J connectivity index is 2.70. The van der Waals surface area contributed by atoms with E-state index in [2.05, 4.69) is 31.5 Å². The highest BCUT2D eigenvalue weighted by Crippen LogP contribution is 2.31. The molecule has 1 N–H and O–H groups in total. The Morgan fingerprint density at radius 2 is 2.05 bits per heavy atom. The third kappa shape index (κ3) is 4.96. The van der Waals surface area contributed by atoms with Crippen LogP contribution < -0.4 is 14.8 Å².